The Labute approximate surface area is 94.1 Å². The van der Waals surface area contributed by atoms with Gasteiger partial charge >= 0.3 is 0 Å². The van der Waals surface area contributed by atoms with Crippen LogP contribution in [-0.2, 0) is 14.2 Å². The second-order valence-electron chi connectivity index (χ2n) is 4.10. The lowest BCUT2D eigenvalue weighted by molar-refractivity contribution is -0.206. The molecule has 0 aromatic carbocycles. The number of hydrogen-bond acceptors (Lipinski definition) is 3. The van der Waals surface area contributed by atoms with Gasteiger partial charge in [0.25, 0.3) is 0 Å². The first kappa shape index (κ1) is 14.9. The zero-order valence-corrected chi connectivity index (χ0v) is 11.0. The maximum atomic E-state index is 5.70. The second kappa shape index (κ2) is 7.20. The van der Waals surface area contributed by atoms with Crippen molar-refractivity contribution >= 4 is 0 Å². The molecule has 0 heterocycles. The Hall–Kier alpha value is -0.120. The summed E-state index contributed by atoms with van der Waals surface area (Å²) >= 11 is 0. The van der Waals surface area contributed by atoms with Gasteiger partial charge in [-0.25, -0.2) is 0 Å². The average molecular weight is 218 g/mol. The lowest BCUT2D eigenvalue weighted by Gasteiger charge is -2.36. The van der Waals surface area contributed by atoms with Crippen molar-refractivity contribution < 1.29 is 14.2 Å². The zero-order valence-electron chi connectivity index (χ0n) is 11.0. The van der Waals surface area contributed by atoms with Crippen molar-refractivity contribution in [3.8, 4) is 0 Å². The van der Waals surface area contributed by atoms with Crippen molar-refractivity contribution in [2.45, 2.75) is 53.4 Å². The van der Waals surface area contributed by atoms with E-state index < -0.39 is 0 Å². The molecule has 0 saturated heterocycles. The molecule has 0 aliphatic carbocycles. The van der Waals surface area contributed by atoms with Crippen LogP contribution in [0.2, 0.25) is 0 Å². The van der Waals surface area contributed by atoms with Gasteiger partial charge in [0.2, 0.25) is 0 Å². The third-order valence-electron chi connectivity index (χ3n) is 2.68. The van der Waals surface area contributed by atoms with Gasteiger partial charge in [-0.2, -0.15) is 0 Å². The van der Waals surface area contributed by atoms with E-state index in [1.54, 1.807) is 0 Å². The second-order valence-corrected chi connectivity index (χ2v) is 4.10. The van der Waals surface area contributed by atoms with E-state index in [1.807, 2.05) is 20.8 Å². The van der Waals surface area contributed by atoms with Gasteiger partial charge in [-0.05, 0) is 34.6 Å². The molecule has 0 amide bonds. The van der Waals surface area contributed by atoms with Gasteiger partial charge in [0.05, 0.1) is 5.60 Å². The van der Waals surface area contributed by atoms with E-state index in [-0.39, 0.29) is 17.8 Å². The zero-order chi connectivity index (χ0) is 11.9. The molecular weight excluding hydrogens is 192 g/mol. The molecule has 15 heavy (non-hydrogen) atoms. The molecule has 0 aliphatic rings. The van der Waals surface area contributed by atoms with Crippen LogP contribution < -0.4 is 0 Å². The van der Waals surface area contributed by atoms with Crippen molar-refractivity contribution in [3.63, 3.8) is 0 Å². The molecule has 1 atom stereocenters. The molecular formula is C12H26O3. The van der Waals surface area contributed by atoms with Crippen LogP contribution in [0, 0.1) is 5.92 Å². The molecule has 3 nitrogen and oxygen atoms in total. The molecule has 0 fully saturated rings. The fourth-order valence-corrected chi connectivity index (χ4v) is 1.50. The molecule has 0 aromatic rings. The minimum absolute atomic E-state index is 0.179. The van der Waals surface area contributed by atoms with Crippen molar-refractivity contribution in [2.24, 2.45) is 5.92 Å². The van der Waals surface area contributed by atoms with Gasteiger partial charge in [0.15, 0.2) is 6.29 Å². The molecule has 3 heteroatoms. The third kappa shape index (κ3) is 4.96. The van der Waals surface area contributed by atoms with Crippen LogP contribution in [0.3, 0.4) is 0 Å². The normalized spacial score (nSPS) is 14.6. The molecule has 0 bridgehead atoms. The molecule has 0 saturated carbocycles. The van der Waals surface area contributed by atoms with Crippen LogP contribution in [0.5, 0.6) is 0 Å². The molecule has 92 valence electrons. The predicted octanol–water partition coefficient (Wildman–Crippen LogP) is 2.84. The van der Waals surface area contributed by atoms with Gasteiger partial charge in [0, 0.05) is 25.7 Å². The first-order valence-corrected chi connectivity index (χ1v) is 5.86. The summed E-state index contributed by atoms with van der Waals surface area (Å²) in [6.45, 7) is 14.3. The fourth-order valence-electron chi connectivity index (χ4n) is 1.50. The minimum Gasteiger partial charge on any atom is -0.375 e. The minimum atomic E-state index is -0.218. The van der Waals surface area contributed by atoms with E-state index in [2.05, 4.69) is 20.8 Å². The van der Waals surface area contributed by atoms with E-state index in [0.29, 0.717) is 19.8 Å². The molecule has 1 unspecified atom stereocenters. The summed E-state index contributed by atoms with van der Waals surface area (Å²) in [5, 5.41) is 0. The highest BCUT2D eigenvalue weighted by molar-refractivity contribution is 4.78. The Morgan fingerprint density at radius 1 is 0.933 bits per heavy atom. The Morgan fingerprint density at radius 3 is 1.73 bits per heavy atom. The smallest absolute Gasteiger partial charge is 0.162 e. The third-order valence-corrected chi connectivity index (χ3v) is 2.68. The highest BCUT2D eigenvalue weighted by Crippen LogP contribution is 2.26. The Balaban J connectivity index is 4.38. The van der Waals surface area contributed by atoms with Crippen LogP contribution in [0.15, 0.2) is 0 Å². The van der Waals surface area contributed by atoms with Gasteiger partial charge in [-0.15, -0.1) is 0 Å². The quantitative estimate of drug-likeness (QED) is 0.586. The van der Waals surface area contributed by atoms with Crippen molar-refractivity contribution in [2.75, 3.05) is 19.8 Å². The first-order valence-electron chi connectivity index (χ1n) is 5.86. The maximum Gasteiger partial charge on any atom is 0.162 e. The molecule has 0 spiro atoms. The van der Waals surface area contributed by atoms with Gasteiger partial charge in [-0.3, -0.25) is 0 Å². The average Bonchev–Trinajstić information content (AvgIpc) is 2.16. The van der Waals surface area contributed by atoms with Crippen molar-refractivity contribution in [1.82, 2.24) is 0 Å². The van der Waals surface area contributed by atoms with Gasteiger partial charge in [-0.1, -0.05) is 6.92 Å². The van der Waals surface area contributed by atoms with Crippen molar-refractivity contribution in [3.05, 3.63) is 0 Å². The summed E-state index contributed by atoms with van der Waals surface area (Å²) in [4.78, 5) is 0. The van der Waals surface area contributed by atoms with Crippen molar-refractivity contribution in [1.29, 1.82) is 0 Å². The highest BCUT2D eigenvalue weighted by Gasteiger charge is 2.33. The molecule has 0 N–H and O–H groups in total. The molecule has 0 aromatic heterocycles. The van der Waals surface area contributed by atoms with Gasteiger partial charge in [0.1, 0.15) is 0 Å². The summed E-state index contributed by atoms with van der Waals surface area (Å²) in [5.41, 5.74) is -0.218. The SMILES string of the molecule is CCOC(OCC)C(C)C(C)(C)OCC. The van der Waals surface area contributed by atoms with E-state index in [0.717, 1.165) is 0 Å². The molecule has 0 rings (SSSR count). The maximum absolute atomic E-state index is 5.70. The fraction of sp³-hybridized carbons (Fsp3) is 1.00. The lowest BCUT2D eigenvalue weighted by Crippen LogP contribution is -2.42. The Bertz CT molecular complexity index is 151. The van der Waals surface area contributed by atoms with E-state index in [1.165, 1.54) is 0 Å². The monoisotopic (exact) mass is 218 g/mol. The summed E-state index contributed by atoms with van der Waals surface area (Å²) in [6, 6.07) is 0. The van der Waals surface area contributed by atoms with Crippen LogP contribution in [0.1, 0.15) is 41.5 Å². The van der Waals surface area contributed by atoms with E-state index in [9.17, 15) is 0 Å². The summed E-state index contributed by atoms with van der Waals surface area (Å²) in [6.07, 6.45) is -0.179. The predicted molar refractivity (Wildman–Crippen MR) is 61.9 cm³/mol. The van der Waals surface area contributed by atoms with Crippen LogP contribution in [0.4, 0.5) is 0 Å². The van der Waals surface area contributed by atoms with Crippen LogP contribution >= 0.6 is 0 Å². The summed E-state index contributed by atoms with van der Waals surface area (Å²) in [5.74, 6) is 0.206. The largest absolute Gasteiger partial charge is 0.375 e. The van der Waals surface area contributed by atoms with Crippen LogP contribution in [-0.4, -0.2) is 31.7 Å². The standard InChI is InChI=1S/C12H26O3/c1-7-13-11(14-8-2)10(4)12(5,6)15-9-3/h10-11H,7-9H2,1-6H3. The number of hydrogen-bond donors (Lipinski definition) is 0. The number of rotatable bonds is 8. The van der Waals surface area contributed by atoms with E-state index >= 15 is 0 Å². The topological polar surface area (TPSA) is 27.7 Å². The first-order chi connectivity index (χ1) is 6.99. The summed E-state index contributed by atoms with van der Waals surface area (Å²) < 4.78 is 16.9. The van der Waals surface area contributed by atoms with Gasteiger partial charge < -0.3 is 14.2 Å². The lowest BCUT2D eigenvalue weighted by atomic mass is 9.92. The summed E-state index contributed by atoms with van der Waals surface area (Å²) in [7, 11) is 0. The Morgan fingerprint density at radius 2 is 1.40 bits per heavy atom. The molecule has 0 radical (unpaired) electrons. The Kier molecular flexibility index (Phi) is 7.14. The van der Waals surface area contributed by atoms with E-state index in [4.69, 9.17) is 14.2 Å². The van der Waals surface area contributed by atoms with Crippen LogP contribution in [0.25, 0.3) is 0 Å². The number of ether oxygens (including phenoxy) is 3. The highest BCUT2D eigenvalue weighted by atomic mass is 16.7. The molecule has 0 aliphatic heterocycles.